The Morgan fingerprint density at radius 3 is 2.25 bits per heavy atom. The highest BCUT2D eigenvalue weighted by atomic mass is 32.1. The molecule has 13 nitrogen and oxygen atoms in total. The maximum absolute atomic E-state index is 13.1. The average molecular weight is 828 g/mol. The summed E-state index contributed by atoms with van der Waals surface area (Å²) in [6.45, 7) is 10.2. The van der Waals surface area contributed by atoms with Crippen molar-refractivity contribution in [2.45, 2.75) is 77.4 Å². The number of fused-ring (bicyclic) bond motifs is 1. The summed E-state index contributed by atoms with van der Waals surface area (Å²) in [5.74, 6) is 0.0545. The SMILES string of the molecule is CN(CCN1CCC(N(C(=O)O)c2ccccc2-c2ccccc2)CC1)C(=O)CCCCCNc1nc2ccc(C(=O)N(C)CCCN(C)C(=O)OC(C)(C)C)cc2s1. The van der Waals surface area contributed by atoms with Crippen LogP contribution >= 0.6 is 11.3 Å². The molecular formula is C45H61N7O6S. The van der Waals surface area contributed by atoms with Gasteiger partial charge in [-0.25, -0.2) is 14.6 Å². The highest BCUT2D eigenvalue weighted by Gasteiger charge is 2.31. The number of anilines is 2. The van der Waals surface area contributed by atoms with Crippen molar-refractivity contribution in [3.8, 4) is 11.1 Å². The zero-order valence-electron chi connectivity index (χ0n) is 35.5. The number of nitrogens with zero attached hydrogens (tertiary/aromatic N) is 6. The molecule has 0 bridgehead atoms. The van der Waals surface area contributed by atoms with Crippen LogP contribution in [0.15, 0.2) is 72.8 Å². The van der Waals surface area contributed by atoms with Gasteiger partial charge in [-0.05, 0) is 82.7 Å². The molecule has 4 aromatic rings. The molecule has 2 heterocycles. The number of nitrogens with one attached hydrogen (secondary N) is 1. The predicted molar refractivity (Wildman–Crippen MR) is 236 cm³/mol. The van der Waals surface area contributed by atoms with Crippen LogP contribution in [0.3, 0.4) is 0 Å². The third-order valence-electron chi connectivity index (χ3n) is 10.6. The Hall–Kier alpha value is -5.21. The smallest absolute Gasteiger partial charge is 0.412 e. The Labute approximate surface area is 352 Å². The van der Waals surface area contributed by atoms with Gasteiger partial charge in [-0.15, -0.1) is 0 Å². The van der Waals surface area contributed by atoms with Crippen molar-refractivity contribution in [2.75, 3.05) is 77.2 Å². The molecule has 1 aliphatic rings. The minimum atomic E-state index is -0.937. The van der Waals surface area contributed by atoms with Gasteiger partial charge in [0.2, 0.25) is 5.91 Å². The van der Waals surface area contributed by atoms with E-state index < -0.39 is 11.7 Å². The molecule has 4 amide bonds. The summed E-state index contributed by atoms with van der Waals surface area (Å²) in [6.07, 6.45) is 3.91. The summed E-state index contributed by atoms with van der Waals surface area (Å²) >= 11 is 1.52. The van der Waals surface area contributed by atoms with Gasteiger partial charge in [0.1, 0.15) is 5.60 Å². The second kappa shape index (κ2) is 21.2. The standard InChI is InChI=1S/C45H61N7O6S/c1-45(2,3)58-44(57)50(6)27-15-26-49(5)41(54)34-21-22-37-39(32-34)59-42(47-37)46-25-14-8-11-20-40(53)48(4)30-31-51-28-23-35(24-29-51)52(43(55)56)38-19-13-12-18-36(38)33-16-9-7-10-17-33/h7,9-10,12-13,16-19,21-22,32,35H,8,11,14-15,20,23-31H2,1-6H3,(H,46,47)(H,55,56). The molecule has 0 radical (unpaired) electrons. The molecule has 1 aliphatic heterocycles. The first kappa shape index (κ1) is 44.9. The van der Waals surface area contributed by atoms with Crippen molar-refractivity contribution >= 4 is 56.4 Å². The molecule has 318 valence electrons. The molecule has 14 heteroatoms. The van der Waals surface area contributed by atoms with Crippen LogP contribution in [-0.4, -0.2) is 132 Å². The molecule has 0 aliphatic carbocycles. The minimum absolute atomic E-state index is 0.0823. The van der Waals surface area contributed by atoms with Gasteiger partial charge in [0.15, 0.2) is 5.13 Å². The van der Waals surface area contributed by atoms with Gasteiger partial charge in [-0.2, -0.15) is 0 Å². The highest BCUT2D eigenvalue weighted by molar-refractivity contribution is 7.22. The molecule has 1 aromatic heterocycles. The minimum Gasteiger partial charge on any atom is -0.465 e. The fourth-order valence-corrected chi connectivity index (χ4v) is 8.14. The van der Waals surface area contributed by atoms with Crippen molar-refractivity contribution < 1.29 is 29.0 Å². The second-order valence-corrected chi connectivity index (χ2v) is 17.4. The molecule has 2 N–H and O–H groups in total. The van der Waals surface area contributed by atoms with Crippen LogP contribution in [0, 0.1) is 0 Å². The van der Waals surface area contributed by atoms with Crippen molar-refractivity contribution in [3.05, 3.63) is 78.4 Å². The predicted octanol–water partition coefficient (Wildman–Crippen LogP) is 8.37. The van der Waals surface area contributed by atoms with E-state index in [0.29, 0.717) is 43.7 Å². The number of para-hydroxylation sites is 1. The number of piperidine rings is 1. The number of thiazole rings is 1. The normalized spacial score (nSPS) is 13.5. The summed E-state index contributed by atoms with van der Waals surface area (Å²) in [5, 5.41) is 14.5. The van der Waals surface area contributed by atoms with E-state index >= 15 is 0 Å². The zero-order valence-corrected chi connectivity index (χ0v) is 36.3. The van der Waals surface area contributed by atoms with Crippen LogP contribution in [0.1, 0.15) is 76.1 Å². The van der Waals surface area contributed by atoms with Crippen LogP contribution < -0.4 is 10.2 Å². The number of carbonyl (C=O) groups excluding carboxylic acids is 3. The summed E-state index contributed by atoms with van der Waals surface area (Å²) in [7, 11) is 5.33. The molecule has 1 fully saturated rings. The maximum atomic E-state index is 13.1. The maximum Gasteiger partial charge on any atom is 0.412 e. The number of likely N-dealkylation sites (tertiary alicyclic amines) is 1. The fourth-order valence-electron chi connectivity index (χ4n) is 7.21. The summed E-state index contributed by atoms with van der Waals surface area (Å²) in [4.78, 5) is 64.4. The number of aromatic nitrogens is 1. The molecule has 1 saturated heterocycles. The van der Waals surface area contributed by atoms with Crippen LogP contribution in [-0.2, 0) is 9.53 Å². The quantitative estimate of drug-likeness (QED) is 0.0948. The summed E-state index contributed by atoms with van der Waals surface area (Å²) in [5.41, 5.74) is 3.49. The third kappa shape index (κ3) is 13.1. The van der Waals surface area contributed by atoms with E-state index in [-0.39, 0.29) is 23.9 Å². The topological polar surface area (TPSA) is 139 Å². The van der Waals surface area contributed by atoms with E-state index in [1.54, 1.807) is 30.0 Å². The molecule has 5 rings (SSSR count). The first-order valence-corrected chi connectivity index (χ1v) is 21.5. The van der Waals surface area contributed by atoms with Crippen LogP contribution in [0.5, 0.6) is 0 Å². The lowest BCUT2D eigenvalue weighted by Crippen LogP contribution is -2.48. The Morgan fingerprint density at radius 2 is 1.54 bits per heavy atom. The number of hydrogen-bond acceptors (Lipinski definition) is 9. The molecule has 59 heavy (non-hydrogen) atoms. The number of amides is 4. The largest absolute Gasteiger partial charge is 0.465 e. The number of likely N-dealkylation sites (N-methyl/N-ethyl adjacent to an activating group) is 1. The molecule has 3 aromatic carbocycles. The monoisotopic (exact) mass is 827 g/mol. The molecule has 0 spiro atoms. The Balaban J connectivity index is 0.966. The van der Waals surface area contributed by atoms with Crippen molar-refractivity contribution in [1.82, 2.24) is 24.6 Å². The lowest BCUT2D eigenvalue weighted by atomic mass is 9.98. The zero-order chi connectivity index (χ0) is 42.5. The van der Waals surface area contributed by atoms with Gasteiger partial charge >= 0.3 is 12.2 Å². The van der Waals surface area contributed by atoms with Crippen molar-refractivity contribution in [2.24, 2.45) is 0 Å². The third-order valence-corrected chi connectivity index (χ3v) is 11.5. The Morgan fingerprint density at radius 1 is 0.847 bits per heavy atom. The van der Waals surface area contributed by atoms with Crippen LogP contribution in [0.25, 0.3) is 21.3 Å². The van der Waals surface area contributed by atoms with Crippen molar-refractivity contribution in [3.63, 3.8) is 0 Å². The van der Waals surface area contributed by atoms with E-state index in [2.05, 4.69) is 15.2 Å². The number of hydrogen-bond donors (Lipinski definition) is 2. The highest BCUT2D eigenvalue weighted by Crippen LogP contribution is 2.34. The molecular weight excluding hydrogens is 767 g/mol. The first-order chi connectivity index (χ1) is 28.2. The second-order valence-electron chi connectivity index (χ2n) is 16.3. The number of carboxylic acid groups (broad SMARTS) is 1. The number of benzene rings is 3. The van der Waals surface area contributed by atoms with E-state index in [1.807, 2.05) is 99.4 Å². The summed E-state index contributed by atoms with van der Waals surface area (Å²) in [6, 6.07) is 23.1. The lowest BCUT2D eigenvalue weighted by Gasteiger charge is -2.38. The van der Waals surface area contributed by atoms with Crippen LogP contribution in [0.2, 0.25) is 0 Å². The van der Waals surface area contributed by atoms with Crippen LogP contribution in [0.4, 0.5) is 20.4 Å². The first-order valence-electron chi connectivity index (χ1n) is 20.7. The van der Waals surface area contributed by atoms with E-state index in [1.165, 1.54) is 16.2 Å². The Bertz CT molecular complexity index is 2010. The fraction of sp³-hybridized carbons (Fsp3) is 0.489. The van der Waals surface area contributed by atoms with E-state index in [0.717, 1.165) is 84.8 Å². The van der Waals surface area contributed by atoms with Gasteiger partial charge in [-0.1, -0.05) is 66.3 Å². The van der Waals surface area contributed by atoms with Gasteiger partial charge < -0.3 is 34.8 Å². The lowest BCUT2D eigenvalue weighted by molar-refractivity contribution is -0.130. The number of unbranched alkanes of at least 4 members (excludes halogenated alkanes) is 2. The molecule has 0 saturated carbocycles. The van der Waals surface area contributed by atoms with E-state index in [4.69, 9.17) is 4.74 Å². The van der Waals surface area contributed by atoms with E-state index in [9.17, 15) is 24.3 Å². The Kier molecular flexibility index (Phi) is 16.1. The van der Waals surface area contributed by atoms with Gasteiger partial charge in [-0.3, -0.25) is 14.5 Å². The number of rotatable bonds is 18. The molecule has 0 atom stereocenters. The number of carbonyl (C=O) groups is 4. The van der Waals surface area contributed by atoms with Gasteiger partial charge in [0.05, 0.1) is 15.9 Å². The van der Waals surface area contributed by atoms with Gasteiger partial charge in [0, 0.05) is 90.5 Å². The van der Waals surface area contributed by atoms with Crippen molar-refractivity contribution in [1.29, 1.82) is 0 Å². The number of ether oxygens (including phenoxy) is 1. The molecule has 0 unspecified atom stereocenters. The summed E-state index contributed by atoms with van der Waals surface area (Å²) < 4.78 is 6.33. The average Bonchev–Trinajstić information content (AvgIpc) is 3.63. The van der Waals surface area contributed by atoms with Gasteiger partial charge in [0.25, 0.3) is 5.91 Å².